The Morgan fingerprint density at radius 1 is 1.58 bits per heavy atom. The molecule has 0 aliphatic carbocycles. The average molecular weight is 176 g/mol. The number of amides is 1. The average Bonchev–Trinajstić information content (AvgIpc) is 2.06. The van der Waals surface area contributed by atoms with Crippen molar-refractivity contribution in [3.05, 3.63) is 0 Å². The van der Waals surface area contributed by atoms with E-state index >= 15 is 0 Å². The standard InChI is InChI=1S/C7H16N2O3/c8-2-1-3-9-7(11)6-12-5-4-10/h10H,1-6,8H2,(H,9,11). The summed E-state index contributed by atoms with van der Waals surface area (Å²) < 4.78 is 4.78. The Kier molecular flexibility index (Phi) is 7.99. The van der Waals surface area contributed by atoms with E-state index in [1.54, 1.807) is 0 Å². The minimum atomic E-state index is -0.170. The van der Waals surface area contributed by atoms with Crippen LogP contribution in [-0.4, -0.2) is 43.9 Å². The second kappa shape index (κ2) is 8.45. The van der Waals surface area contributed by atoms with Gasteiger partial charge in [-0.1, -0.05) is 0 Å². The van der Waals surface area contributed by atoms with Gasteiger partial charge in [-0.15, -0.1) is 0 Å². The summed E-state index contributed by atoms with van der Waals surface area (Å²) in [5.74, 6) is -0.170. The van der Waals surface area contributed by atoms with Crippen molar-refractivity contribution in [1.29, 1.82) is 0 Å². The molecule has 0 aliphatic rings. The first-order valence-electron chi connectivity index (χ1n) is 3.96. The molecule has 0 unspecified atom stereocenters. The Morgan fingerprint density at radius 3 is 2.92 bits per heavy atom. The van der Waals surface area contributed by atoms with E-state index in [-0.39, 0.29) is 25.7 Å². The molecule has 0 aromatic rings. The maximum atomic E-state index is 10.8. The van der Waals surface area contributed by atoms with Gasteiger partial charge in [0.25, 0.3) is 0 Å². The van der Waals surface area contributed by atoms with Crippen LogP contribution in [0.3, 0.4) is 0 Å². The molecule has 0 fully saturated rings. The molecule has 1 amide bonds. The van der Waals surface area contributed by atoms with Crippen molar-refractivity contribution in [3.63, 3.8) is 0 Å². The van der Waals surface area contributed by atoms with Gasteiger partial charge in [-0.3, -0.25) is 4.79 Å². The van der Waals surface area contributed by atoms with E-state index < -0.39 is 0 Å². The van der Waals surface area contributed by atoms with Crippen molar-refractivity contribution in [1.82, 2.24) is 5.32 Å². The van der Waals surface area contributed by atoms with E-state index in [1.165, 1.54) is 0 Å². The van der Waals surface area contributed by atoms with Crippen LogP contribution in [0.1, 0.15) is 6.42 Å². The summed E-state index contributed by atoms with van der Waals surface area (Å²) in [6.07, 6.45) is 0.770. The Balaban J connectivity index is 3.10. The predicted molar refractivity (Wildman–Crippen MR) is 44.6 cm³/mol. The first-order valence-corrected chi connectivity index (χ1v) is 3.96. The molecule has 0 saturated carbocycles. The van der Waals surface area contributed by atoms with E-state index in [4.69, 9.17) is 15.6 Å². The molecular weight excluding hydrogens is 160 g/mol. The summed E-state index contributed by atoms with van der Waals surface area (Å²) in [4.78, 5) is 10.8. The van der Waals surface area contributed by atoms with Gasteiger partial charge in [0, 0.05) is 6.54 Å². The zero-order valence-electron chi connectivity index (χ0n) is 7.08. The zero-order chi connectivity index (χ0) is 9.23. The smallest absolute Gasteiger partial charge is 0.246 e. The number of hydrogen-bond donors (Lipinski definition) is 3. The minimum absolute atomic E-state index is 0.00509. The zero-order valence-corrected chi connectivity index (χ0v) is 7.08. The maximum absolute atomic E-state index is 10.8. The monoisotopic (exact) mass is 176 g/mol. The highest BCUT2D eigenvalue weighted by Gasteiger charge is 1.98. The van der Waals surface area contributed by atoms with Gasteiger partial charge in [0.2, 0.25) is 5.91 Å². The summed E-state index contributed by atoms with van der Waals surface area (Å²) in [6.45, 7) is 1.29. The summed E-state index contributed by atoms with van der Waals surface area (Å²) >= 11 is 0. The molecule has 0 bridgehead atoms. The second-order valence-electron chi connectivity index (χ2n) is 2.27. The van der Waals surface area contributed by atoms with Gasteiger partial charge < -0.3 is 20.9 Å². The third kappa shape index (κ3) is 7.46. The molecular formula is C7H16N2O3. The van der Waals surface area contributed by atoms with Crippen molar-refractivity contribution in [2.45, 2.75) is 6.42 Å². The van der Waals surface area contributed by atoms with Gasteiger partial charge in [0.05, 0.1) is 13.2 Å². The third-order valence-corrected chi connectivity index (χ3v) is 1.17. The lowest BCUT2D eigenvalue weighted by Crippen LogP contribution is -2.29. The van der Waals surface area contributed by atoms with Crippen molar-refractivity contribution in [2.75, 3.05) is 32.9 Å². The molecule has 12 heavy (non-hydrogen) atoms. The number of nitrogens with one attached hydrogen (secondary N) is 1. The predicted octanol–water partition coefficient (Wildman–Crippen LogP) is -1.54. The number of hydrogen-bond acceptors (Lipinski definition) is 4. The molecule has 72 valence electrons. The van der Waals surface area contributed by atoms with Gasteiger partial charge >= 0.3 is 0 Å². The SMILES string of the molecule is NCCCNC(=O)COCCO. The normalized spacial score (nSPS) is 9.83. The number of carbonyl (C=O) groups excluding carboxylic acids is 1. The number of carbonyl (C=O) groups is 1. The molecule has 0 aromatic carbocycles. The highest BCUT2D eigenvalue weighted by atomic mass is 16.5. The lowest BCUT2D eigenvalue weighted by atomic mass is 10.4. The number of ether oxygens (including phenoxy) is 1. The number of aliphatic hydroxyl groups is 1. The number of aliphatic hydroxyl groups excluding tert-OH is 1. The Hall–Kier alpha value is -0.650. The highest BCUT2D eigenvalue weighted by Crippen LogP contribution is 1.75. The third-order valence-electron chi connectivity index (χ3n) is 1.17. The van der Waals surface area contributed by atoms with Crippen LogP contribution < -0.4 is 11.1 Å². The fraction of sp³-hybridized carbons (Fsp3) is 0.857. The number of nitrogens with two attached hydrogens (primary N) is 1. The van der Waals surface area contributed by atoms with Gasteiger partial charge in [-0.25, -0.2) is 0 Å². The van der Waals surface area contributed by atoms with Crippen LogP contribution in [0.4, 0.5) is 0 Å². The number of rotatable bonds is 7. The van der Waals surface area contributed by atoms with Gasteiger partial charge in [-0.2, -0.15) is 0 Å². The molecule has 0 heterocycles. The van der Waals surface area contributed by atoms with Gasteiger partial charge in [0.15, 0.2) is 0 Å². The maximum Gasteiger partial charge on any atom is 0.246 e. The van der Waals surface area contributed by atoms with Gasteiger partial charge in [-0.05, 0) is 13.0 Å². The molecule has 0 rings (SSSR count). The highest BCUT2D eigenvalue weighted by molar-refractivity contribution is 5.77. The van der Waals surface area contributed by atoms with Crippen molar-refractivity contribution in [2.24, 2.45) is 5.73 Å². The molecule has 0 atom stereocenters. The Morgan fingerprint density at radius 2 is 2.33 bits per heavy atom. The molecule has 0 saturated heterocycles. The largest absolute Gasteiger partial charge is 0.394 e. The van der Waals surface area contributed by atoms with E-state index in [0.717, 1.165) is 6.42 Å². The van der Waals surface area contributed by atoms with Crippen LogP contribution in [0.5, 0.6) is 0 Å². The molecule has 0 aromatic heterocycles. The molecule has 5 heteroatoms. The molecule has 5 nitrogen and oxygen atoms in total. The Bertz CT molecular complexity index is 107. The van der Waals surface area contributed by atoms with E-state index in [0.29, 0.717) is 13.1 Å². The van der Waals surface area contributed by atoms with E-state index in [9.17, 15) is 4.79 Å². The van der Waals surface area contributed by atoms with Crippen molar-refractivity contribution >= 4 is 5.91 Å². The summed E-state index contributed by atoms with van der Waals surface area (Å²) in [7, 11) is 0. The summed E-state index contributed by atoms with van der Waals surface area (Å²) in [5, 5.41) is 10.9. The van der Waals surface area contributed by atoms with Crippen LogP contribution in [0, 0.1) is 0 Å². The molecule has 0 spiro atoms. The van der Waals surface area contributed by atoms with Crippen molar-refractivity contribution < 1.29 is 14.6 Å². The molecule has 0 radical (unpaired) electrons. The van der Waals surface area contributed by atoms with E-state index in [1.807, 2.05) is 0 Å². The Labute approximate surface area is 71.9 Å². The molecule has 4 N–H and O–H groups in total. The first-order chi connectivity index (χ1) is 5.81. The van der Waals surface area contributed by atoms with Crippen LogP contribution >= 0.6 is 0 Å². The van der Waals surface area contributed by atoms with Crippen LogP contribution in [0.15, 0.2) is 0 Å². The quantitative estimate of drug-likeness (QED) is 0.410. The van der Waals surface area contributed by atoms with Crippen LogP contribution in [-0.2, 0) is 9.53 Å². The lowest BCUT2D eigenvalue weighted by molar-refractivity contribution is -0.125. The second-order valence-corrected chi connectivity index (χ2v) is 2.27. The summed E-state index contributed by atoms with van der Waals surface area (Å²) in [5.41, 5.74) is 5.22. The molecule has 0 aliphatic heterocycles. The van der Waals surface area contributed by atoms with Crippen LogP contribution in [0.25, 0.3) is 0 Å². The fourth-order valence-corrected chi connectivity index (χ4v) is 0.610. The summed E-state index contributed by atoms with van der Waals surface area (Å²) in [6, 6.07) is 0. The minimum Gasteiger partial charge on any atom is -0.394 e. The topological polar surface area (TPSA) is 84.6 Å². The lowest BCUT2D eigenvalue weighted by Gasteiger charge is -2.03. The van der Waals surface area contributed by atoms with E-state index in [2.05, 4.69) is 5.32 Å². The van der Waals surface area contributed by atoms with Gasteiger partial charge in [0.1, 0.15) is 6.61 Å². The first kappa shape index (κ1) is 11.4. The fourth-order valence-electron chi connectivity index (χ4n) is 0.610. The van der Waals surface area contributed by atoms with Crippen LogP contribution in [0.2, 0.25) is 0 Å². The van der Waals surface area contributed by atoms with Crippen molar-refractivity contribution in [3.8, 4) is 0 Å².